The number of rotatable bonds is 6. The van der Waals surface area contributed by atoms with Gasteiger partial charge in [-0.25, -0.2) is 0 Å². The van der Waals surface area contributed by atoms with Crippen LogP contribution in [0.3, 0.4) is 0 Å². The van der Waals surface area contributed by atoms with Gasteiger partial charge in [0.25, 0.3) is 0 Å². The van der Waals surface area contributed by atoms with Gasteiger partial charge in [-0.1, -0.05) is 27.2 Å². The predicted molar refractivity (Wildman–Crippen MR) is 75.8 cm³/mol. The Morgan fingerprint density at radius 1 is 1.29 bits per heavy atom. The van der Waals surface area contributed by atoms with E-state index in [9.17, 15) is 0 Å². The molecule has 1 aliphatic carbocycles. The van der Waals surface area contributed by atoms with E-state index in [0.717, 1.165) is 43.2 Å². The van der Waals surface area contributed by atoms with Gasteiger partial charge in [-0.2, -0.15) is 0 Å². The van der Waals surface area contributed by atoms with Crippen molar-refractivity contribution in [1.82, 2.24) is 5.32 Å². The number of nitrogens with one attached hydrogen (secondary N) is 1. The minimum Gasteiger partial charge on any atom is -0.314 e. The molecule has 0 aromatic rings. The van der Waals surface area contributed by atoms with E-state index in [4.69, 9.17) is 6.42 Å². The largest absolute Gasteiger partial charge is 0.314 e. The lowest BCUT2D eigenvalue weighted by Crippen LogP contribution is -2.43. The van der Waals surface area contributed by atoms with Crippen LogP contribution < -0.4 is 5.32 Å². The quantitative estimate of drug-likeness (QED) is 0.545. The molecule has 1 fully saturated rings. The Morgan fingerprint density at radius 2 is 2.06 bits per heavy atom. The number of hydrogen-bond donors (Lipinski definition) is 1. The van der Waals surface area contributed by atoms with Gasteiger partial charge in [0.1, 0.15) is 0 Å². The first-order valence-corrected chi connectivity index (χ1v) is 7.32. The molecule has 3 unspecified atom stereocenters. The molecule has 3 atom stereocenters. The van der Waals surface area contributed by atoms with Crippen molar-refractivity contribution >= 4 is 0 Å². The average molecular weight is 235 g/mol. The van der Waals surface area contributed by atoms with Crippen molar-refractivity contribution in [3.63, 3.8) is 0 Å². The summed E-state index contributed by atoms with van der Waals surface area (Å²) in [6.45, 7) is 8.27. The average Bonchev–Trinajstić information content (AvgIpc) is 2.28. The van der Waals surface area contributed by atoms with E-state index < -0.39 is 0 Å². The Labute approximate surface area is 108 Å². The Hall–Kier alpha value is -0.480. The van der Waals surface area contributed by atoms with Crippen LogP contribution in [-0.4, -0.2) is 12.6 Å². The lowest BCUT2D eigenvalue weighted by molar-refractivity contribution is 0.170. The van der Waals surface area contributed by atoms with E-state index in [0.29, 0.717) is 0 Å². The Morgan fingerprint density at radius 3 is 2.71 bits per heavy atom. The summed E-state index contributed by atoms with van der Waals surface area (Å²) in [6, 6.07) is 0.740. The molecule has 0 aromatic carbocycles. The Bertz CT molecular complexity index is 238. The molecular formula is C16H29N. The Kier molecular flexibility index (Phi) is 6.66. The highest BCUT2D eigenvalue weighted by molar-refractivity contribution is 4.86. The molecule has 1 N–H and O–H groups in total. The molecular weight excluding hydrogens is 206 g/mol. The lowest BCUT2D eigenvalue weighted by Gasteiger charge is -2.38. The summed E-state index contributed by atoms with van der Waals surface area (Å²) in [4.78, 5) is 0. The van der Waals surface area contributed by atoms with Gasteiger partial charge in [0.15, 0.2) is 0 Å². The molecule has 0 aliphatic heterocycles. The maximum Gasteiger partial charge on any atom is 0.0100 e. The maximum absolute atomic E-state index is 5.26. The van der Waals surface area contributed by atoms with Gasteiger partial charge in [-0.3, -0.25) is 0 Å². The van der Waals surface area contributed by atoms with Crippen LogP contribution in [0.1, 0.15) is 59.3 Å². The molecule has 1 nitrogen and oxygen atoms in total. The molecule has 0 aromatic heterocycles. The van der Waals surface area contributed by atoms with Gasteiger partial charge in [0.2, 0.25) is 0 Å². The molecule has 17 heavy (non-hydrogen) atoms. The maximum atomic E-state index is 5.26. The first-order valence-electron chi connectivity index (χ1n) is 7.32. The summed E-state index contributed by atoms with van der Waals surface area (Å²) in [5.41, 5.74) is 0. The van der Waals surface area contributed by atoms with Crippen LogP contribution in [-0.2, 0) is 0 Å². The smallest absolute Gasteiger partial charge is 0.0100 e. The van der Waals surface area contributed by atoms with E-state index in [1.54, 1.807) is 0 Å². The molecule has 0 bridgehead atoms. The van der Waals surface area contributed by atoms with Gasteiger partial charge in [0.05, 0.1) is 0 Å². The highest BCUT2D eigenvalue weighted by atomic mass is 14.9. The van der Waals surface area contributed by atoms with Crippen LogP contribution in [0.5, 0.6) is 0 Å². The summed E-state index contributed by atoms with van der Waals surface area (Å²) >= 11 is 0. The van der Waals surface area contributed by atoms with Crippen LogP contribution >= 0.6 is 0 Å². The highest BCUT2D eigenvalue weighted by Crippen LogP contribution is 2.33. The van der Waals surface area contributed by atoms with Gasteiger partial charge in [-0.15, -0.1) is 12.3 Å². The second-order valence-corrected chi connectivity index (χ2v) is 6.05. The van der Waals surface area contributed by atoms with E-state index in [1.807, 2.05) is 0 Å². The fourth-order valence-electron chi connectivity index (χ4n) is 3.08. The van der Waals surface area contributed by atoms with Crippen LogP contribution in [0.25, 0.3) is 0 Å². The first kappa shape index (κ1) is 14.6. The molecule has 0 amide bonds. The van der Waals surface area contributed by atoms with Gasteiger partial charge < -0.3 is 5.32 Å². The van der Waals surface area contributed by atoms with Crippen LogP contribution in [0.2, 0.25) is 0 Å². The fourth-order valence-corrected chi connectivity index (χ4v) is 3.08. The van der Waals surface area contributed by atoms with E-state index in [1.165, 1.54) is 25.7 Å². The molecule has 0 saturated heterocycles. The molecule has 1 saturated carbocycles. The summed E-state index contributed by atoms with van der Waals surface area (Å²) < 4.78 is 0. The highest BCUT2D eigenvalue weighted by Gasteiger charge is 2.29. The van der Waals surface area contributed by atoms with Gasteiger partial charge >= 0.3 is 0 Å². The fraction of sp³-hybridized carbons (Fsp3) is 0.875. The van der Waals surface area contributed by atoms with Crippen molar-refractivity contribution in [3.05, 3.63) is 0 Å². The number of hydrogen-bond acceptors (Lipinski definition) is 1. The first-order chi connectivity index (χ1) is 8.15. The summed E-state index contributed by atoms with van der Waals surface area (Å²) in [6.07, 6.45) is 12.8. The molecule has 0 radical (unpaired) electrons. The normalized spacial score (nSPS) is 29.2. The molecule has 1 rings (SSSR count). The Balaban J connectivity index is 2.29. The van der Waals surface area contributed by atoms with Crippen molar-refractivity contribution in [2.75, 3.05) is 6.54 Å². The van der Waals surface area contributed by atoms with Crippen molar-refractivity contribution < 1.29 is 0 Å². The molecule has 0 heterocycles. The zero-order valence-electron chi connectivity index (χ0n) is 11.8. The number of unbranched alkanes of at least 4 members (excludes halogenated alkanes) is 2. The molecule has 1 aliphatic rings. The SMILES string of the molecule is C#CCCCCNC1CC(C)CCC1C(C)C. The monoisotopic (exact) mass is 235 g/mol. The minimum atomic E-state index is 0.740. The van der Waals surface area contributed by atoms with E-state index >= 15 is 0 Å². The van der Waals surface area contributed by atoms with Crippen molar-refractivity contribution in [2.45, 2.75) is 65.3 Å². The second kappa shape index (κ2) is 7.77. The molecule has 0 spiro atoms. The van der Waals surface area contributed by atoms with E-state index in [2.05, 4.69) is 32.0 Å². The third-order valence-corrected chi connectivity index (χ3v) is 4.18. The minimum absolute atomic E-state index is 0.740. The lowest BCUT2D eigenvalue weighted by atomic mass is 9.74. The van der Waals surface area contributed by atoms with Crippen LogP contribution in [0, 0.1) is 30.1 Å². The third-order valence-electron chi connectivity index (χ3n) is 4.18. The number of terminal acetylenes is 1. The van der Waals surface area contributed by atoms with Crippen molar-refractivity contribution in [3.8, 4) is 12.3 Å². The predicted octanol–water partition coefficient (Wildman–Crippen LogP) is 3.84. The third kappa shape index (κ3) is 5.13. The van der Waals surface area contributed by atoms with Crippen LogP contribution in [0.4, 0.5) is 0 Å². The van der Waals surface area contributed by atoms with Crippen molar-refractivity contribution in [1.29, 1.82) is 0 Å². The zero-order valence-corrected chi connectivity index (χ0v) is 11.8. The van der Waals surface area contributed by atoms with Crippen molar-refractivity contribution in [2.24, 2.45) is 17.8 Å². The standard InChI is InChI=1S/C16H29N/c1-5-6-7-8-11-17-16-12-14(4)9-10-15(16)13(2)3/h1,13-17H,6-12H2,2-4H3. The molecule has 98 valence electrons. The van der Waals surface area contributed by atoms with Crippen LogP contribution in [0.15, 0.2) is 0 Å². The topological polar surface area (TPSA) is 12.0 Å². The van der Waals surface area contributed by atoms with E-state index in [-0.39, 0.29) is 0 Å². The summed E-state index contributed by atoms with van der Waals surface area (Å²) in [5, 5.41) is 3.77. The molecule has 1 heteroatoms. The summed E-state index contributed by atoms with van der Waals surface area (Å²) in [7, 11) is 0. The zero-order chi connectivity index (χ0) is 12.7. The second-order valence-electron chi connectivity index (χ2n) is 6.05. The summed E-state index contributed by atoms with van der Waals surface area (Å²) in [5.74, 6) is 5.29. The van der Waals surface area contributed by atoms with Gasteiger partial charge in [-0.05, 0) is 50.0 Å². The van der Waals surface area contributed by atoms with Gasteiger partial charge in [0, 0.05) is 12.5 Å².